The first kappa shape index (κ1) is 102. The van der Waals surface area contributed by atoms with E-state index in [0.717, 1.165) is 65.2 Å². The van der Waals surface area contributed by atoms with Crippen LogP contribution in [-0.2, 0) is 66.5 Å². The van der Waals surface area contributed by atoms with Gasteiger partial charge in [0.25, 0.3) is 5.79 Å². The molecular formula is C81H147N3O31. The molecule has 0 spiro atoms. The van der Waals surface area contributed by atoms with Gasteiger partial charge in [-0.1, -0.05) is 231 Å². The van der Waals surface area contributed by atoms with Crippen LogP contribution < -0.4 is 16.0 Å². The predicted octanol–water partition coefficient (Wildman–Crippen LogP) is 2.08. The fourth-order valence-electron chi connectivity index (χ4n) is 15.7. The number of carboxylic acids is 1. The molecule has 0 aromatic carbocycles. The number of amides is 3. The molecule has 10 unspecified atom stereocenters. The van der Waals surface area contributed by atoms with Crippen LogP contribution in [-0.4, -0.2) is 321 Å². The van der Waals surface area contributed by atoms with Gasteiger partial charge in [0.15, 0.2) is 25.2 Å². The summed E-state index contributed by atoms with van der Waals surface area (Å²) >= 11 is 0. The summed E-state index contributed by atoms with van der Waals surface area (Å²) in [6.07, 6.45) is -3.18. The number of hydrogen-bond acceptors (Lipinski definition) is 30. The van der Waals surface area contributed by atoms with Crippen molar-refractivity contribution in [3.63, 3.8) is 0 Å². The number of ether oxygens (including phenoxy) is 10. The van der Waals surface area contributed by atoms with Crippen LogP contribution in [0.4, 0.5) is 0 Å². The molecule has 5 heterocycles. The first-order chi connectivity index (χ1) is 55.3. The molecule has 672 valence electrons. The maximum absolute atomic E-state index is 13.6. The normalized spacial score (nSPS) is 33.0. The number of allylic oxidation sites excluding steroid dienone is 1. The Morgan fingerprint density at radius 1 is 0.452 bits per heavy atom. The molecule has 34 nitrogen and oxygen atoms in total. The second-order valence-electron chi connectivity index (χ2n) is 32.1. The van der Waals surface area contributed by atoms with Gasteiger partial charge in [-0.15, -0.1) is 0 Å². The lowest BCUT2D eigenvalue weighted by Crippen LogP contribution is -2.72. The maximum Gasteiger partial charge on any atom is 0.364 e. The molecule has 0 aromatic rings. The highest BCUT2D eigenvalue weighted by atomic mass is 16.8. The van der Waals surface area contributed by atoms with Gasteiger partial charge >= 0.3 is 5.97 Å². The Kier molecular flexibility index (Phi) is 50.0. The summed E-state index contributed by atoms with van der Waals surface area (Å²) in [4.78, 5) is 52.1. The molecule has 28 atom stereocenters. The lowest BCUT2D eigenvalue weighted by atomic mass is 9.88. The van der Waals surface area contributed by atoms with Gasteiger partial charge in [0.2, 0.25) is 17.7 Å². The Hall–Kier alpha value is -3.42. The number of aliphatic hydroxyl groups excluding tert-OH is 16. The number of hydrogen-bond donors (Lipinski definition) is 20. The number of aliphatic hydroxyl groups is 16. The van der Waals surface area contributed by atoms with Crippen molar-refractivity contribution in [3.8, 4) is 0 Å². The summed E-state index contributed by atoms with van der Waals surface area (Å²) in [5.41, 5.74) is 0. The van der Waals surface area contributed by atoms with Gasteiger partial charge in [-0.25, -0.2) is 4.79 Å². The second-order valence-corrected chi connectivity index (χ2v) is 32.1. The van der Waals surface area contributed by atoms with E-state index in [0.29, 0.717) is 12.8 Å². The number of aliphatic carboxylic acids is 1. The first-order valence-electron chi connectivity index (χ1n) is 43.1. The van der Waals surface area contributed by atoms with E-state index < -0.39 is 235 Å². The summed E-state index contributed by atoms with van der Waals surface area (Å²) in [5.74, 6) is -7.38. The largest absolute Gasteiger partial charge is 0.477 e. The molecule has 5 aliphatic heterocycles. The van der Waals surface area contributed by atoms with E-state index in [1.807, 2.05) is 6.08 Å². The van der Waals surface area contributed by atoms with Gasteiger partial charge in [0, 0.05) is 26.7 Å². The molecular weight excluding hydrogens is 1510 g/mol. The minimum absolute atomic E-state index is 0.180. The first-order valence-corrected chi connectivity index (χ1v) is 43.1. The second kappa shape index (κ2) is 56.3. The highest BCUT2D eigenvalue weighted by molar-refractivity contribution is 5.77. The SMILES string of the molecule is CCCCCCCCCCCCC/C=C/[C@@H](O)[C@H](CO[C@@H]1OC(CO)[C@@H](O[C@@H]2OC(CO)[C@H](O[C@@H]3OC(CO)[C@H](O)[C@H](O[C@@H]4OC(CO)[C@H](O)[C@H](O[C@]5(C(=O)O)CC(O)[C@@H](NC(C)=O)C([C@H](O)[C@H](O)CO)O5)C4NC(C)=O)C3O)[C@H](O)C2O)[C@H](O)C1O)NC(=O)CCCCCCCCCCCCCCCCCCCCCCCCC. The lowest BCUT2D eigenvalue weighted by molar-refractivity contribution is -0.390. The molecule has 34 heteroatoms. The topological polar surface area (TPSA) is 541 Å². The monoisotopic (exact) mass is 1660 g/mol. The van der Waals surface area contributed by atoms with Crippen LogP contribution in [0.1, 0.15) is 265 Å². The van der Waals surface area contributed by atoms with Gasteiger partial charge in [-0.3, -0.25) is 14.4 Å². The zero-order valence-corrected chi connectivity index (χ0v) is 68.5. The molecule has 5 fully saturated rings. The average Bonchev–Trinajstić information content (AvgIpc) is 0.720. The minimum atomic E-state index is -3.20. The van der Waals surface area contributed by atoms with Crippen molar-refractivity contribution in [3.05, 3.63) is 12.2 Å². The third-order valence-corrected chi connectivity index (χ3v) is 22.6. The van der Waals surface area contributed by atoms with Crippen molar-refractivity contribution in [2.24, 2.45) is 0 Å². The third-order valence-electron chi connectivity index (χ3n) is 22.6. The molecule has 0 bridgehead atoms. The number of carbonyl (C=O) groups is 4. The number of rotatable bonds is 60. The fourth-order valence-corrected chi connectivity index (χ4v) is 15.7. The molecule has 0 aromatic heterocycles. The Morgan fingerprint density at radius 2 is 0.835 bits per heavy atom. The van der Waals surface area contributed by atoms with E-state index in [4.69, 9.17) is 47.4 Å². The van der Waals surface area contributed by atoms with Crippen molar-refractivity contribution >= 4 is 23.7 Å². The summed E-state index contributed by atoms with van der Waals surface area (Å²) in [7, 11) is 0. The van der Waals surface area contributed by atoms with Crippen molar-refractivity contribution < 1.29 is 153 Å². The summed E-state index contributed by atoms with van der Waals surface area (Å²) in [6, 6.07) is -4.72. The zero-order chi connectivity index (χ0) is 84.4. The number of carbonyl (C=O) groups excluding carboxylic acids is 3. The van der Waals surface area contributed by atoms with E-state index in [1.54, 1.807) is 6.08 Å². The molecule has 5 aliphatic rings. The molecule has 115 heavy (non-hydrogen) atoms. The highest BCUT2D eigenvalue weighted by Gasteiger charge is 2.61. The molecule has 0 saturated carbocycles. The third kappa shape index (κ3) is 33.7. The van der Waals surface area contributed by atoms with Gasteiger partial charge in [0.1, 0.15) is 116 Å². The van der Waals surface area contributed by atoms with Crippen molar-refractivity contribution in [1.29, 1.82) is 0 Å². The average molecular weight is 1660 g/mol. The minimum Gasteiger partial charge on any atom is -0.477 e. The lowest BCUT2D eigenvalue weighted by Gasteiger charge is -2.52. The molecule has 0 aliphatic carbocycles. The Balaban J connectivity index is 1.18. The summed E-state index contributed by atoms with van der Waals surface area (Å²) in [6.45, 7) is 0.643. The van der Waals surface area contributed by atoms with Crippen LogP contribution in [0.15, 0.2) is 12.2 Å². The molecule has 5 saturated heterocycles. The molecule has 3 amide bonds. The van der Waals surface area contributed by atoms with Crippen LogP contribution >= 0.6 is 0 Å². The van der Waals surface area contributed by atoms with E-state index in [1.165, 1.54) is 161 Å². The standard InChI is InChI=1S/C81H147N3O31/c1-5-7-9-11-13-15-17-19-20-21-22-23-24-25-26-27-28-30-32-34-36-38-40-42-60(95)84-52(53(92)41-39-37-35-33-31-29-18-16-14-12-10-8-6-2)49-106-77-68(101)66(99)71(58(47-88)109-77)111-78-69(102)67(100)72(59(48-89)110-78)112-79-70(103)75(65(98)57(46-87)108-79)113-76-62(83-51(4)91)74(64(97)56(45-86)107-76)115-81(80(104)105)43-54(93)61(82-50(3)90)73(114-81)63(96)55(94)44-85/h39,41,52-59,61-79,85-89,92-94,96-103H,5-38,40,42-49H2,1-4H3,(H,82,90)(H,83,91)(H,84,95)(H,104,105)/b41-39+/t52-,53+,54?,55+,56?,57?,58?,59?,61+,62?,63+,64-,65-,66+,67+,68?,69?,70?,71+,72-,73?,74+,75-,76-,77+,78-,79-,81-/m0/s1. The van der Waals surface area contributed by atoms with Crippen LogP contribution in [0, 0.1) is 0 Å². The van der Waals surface area contributed by atoms with E-state index >= 15 is 0 Å². The zero-order valence-electron chi connectivity index (χ0n) is 68.5. The number of unbranched alkanes of at least 4 members (excludes halogenated alkanes) is 33. The summed E-state index contributed by atoms with van der Waals surface area (Å²) < 4.78 is 58.9. The smallest absolute Gasteiger partial charge is 0.364 e. The van der Waals surface area contributed by atoms with Gasteiger partial charge in [-0.2, -0.15) is 0 Å². The molecule has 20 N–H and O–H groups in total. The maximum atomic E-state index is 13.6. The van der Waals surface area contributed by atoms with Gasteiger partial charge in [-0.05, 0) is 19.3 Å². The van der Waals surface area contributed by atoms with Crippen molar-refractivity contribution in [1.82, 2.24) is 16.0 Å². The van der Waals surface area contributed by atoms with Crippen LogP contribution in [0.2, 0.25) is 0 Å². The van der Waals surface area contributed by atoms with E-state index in [-0.39, 0.29) is 12.3 Å². The van der Waals surface area contributed by atoms with Crippen LogP contribution in [0.3, 0.4) is 0 Å². The Bertz CT molecular complexity index is 2650. The van der Waals surface area contributed by atoms with Crippen LogP contribution in [0.5, 0.6) is 0 Å². The summed E-state index contributed by atoms with van der Waals surface area (Å²) in [5, 5.41) is 197. The van der Waals surface area contributed by atoms with Gasteiger partial charge in [0.05, 0.1) is 63.9 Å². The quantitative estimate of drug-likeness (QED) is 0.0306. The molecule has 5 rings (SSSR count). The van der Waals surface area contributed by atoms with E-state index in [2.05, 4.69) is 29.8 Å². The molecule has 0 radical (unpaired) electrons. The van der Waals surface area contributed by atoms with Crippen LogP contribution in [0.25, 0.3) is 0 Å². The Morgan fingerprint density at radius 3 is 1.27 bits per heavy atom. The van der Waals surface area contributed by atoms with Gasteiger partial charge < -0.3 is 150 Å². The number of carboxylic acid groups (broad SMARTS) is 1. The fraction of sp³-hybridized carbons (Fsp3) is 0.926. The van der Waals surface area contributed by atoms with Crippen molar-refractivity contribution in [2.75, 3.05) is 39.6 Å². The predicted molar refractivity (Wildman–Crippen MR) is 415 cm³/mol. The number of nitrogens with one attached hydrogen (secondary N) is 3. The Labute approximate surface area is 678 Å². The van der Waals surface area contributed by atoms with Crippen molar-refractivity contribution in [2.45, 2.75) is 436 Å². The van der Waals surface area contributed by atoms with E-state index in [9.17, 15) is 106 Å². The highest BCUT2D eigenvalue weighted by Crippen LogP contribution is 2.40.